The van der Waals surface area contributed by atoms with Crippen LogP contribution in [0.25, 0.3) is 0 Å². The molecule has 17 heavy (non-hydrogen) atoms. The molecule has 7 heteroatoms. The van der Waals surface area contributed by atoms with Crippen LogP contribution in [0.3, 0.4) is 0 Å². The summed E-state index contributed by atoms with van der Waals surface area (Å²) in [6.45, 7) is 1.82. The maximum absolute atomic E-state index is 10.8. The first-order valence-corrected chi connectivity index (χ1v) is 6.46. The summed E-state index contributed by atoms with van der Waals surface area (Å²) in [6.07, 6.45) is 0. The molecule has 0 fully saturated rings. The lowest BCUT2D eigenvalue weighted by molar-refractivity contribution is 0.0696. The SMILES string of the molecule is Cc1nnc(Oc2cc(C(=O)O)ccc2I)s1. The second-order valence-corrected chi connectivity index (χ2v) is 5.45. The summed E-state index contributed by atoms with van der Waals surface area (Å²) < 4.78 is 6.31. The average Bonchev–Trinajstić information content (AvgIpc) is 2.67. The van der Waals surface area contributed by atoms with Gasteiger partial charge in [-0.15, -0.1) is 5.10 Å². The van der Waals surface area contributed by atoms with Crippen molar-refractivity contribution in [1.82, 2.24) is 10.2 Å². The van der Waals surface area contributed by atoms with E-state index in [-0.39, 0.29) is 5.56 Å². The number of hydrogen-bond donors (Lipinski definition) is 1. The number of aromatic carboxylic acids is 1. The van der Waals surface area contributed by atoms with E-state index in [1.807, 2.05) is 6.92 Å². The molecule has 0 aliphatic rings. The van der Waals surface area contributed by atoms with Crippen LogP contribution in [-0.2, 0) is 0 Å². The predicted molar refractivity (Wildman–Crippen MR) is 70.8 cm³/mol. The number of ether oxygens (including phenoxy) is 1. The van der Waals surface area contributed by atoms with E-state index in [2.05, 4.69) is 32.8 Å². The van der Waals surface area contributed by atoms with Gasteiger partial charge in [-0.05, 0) is 47.7 Å². The van der Waals surface area contributed by atoms with Crippen LogP contribution in [0, 0.1) is 10.5 Å². The highest BCUT2D eigenvalue weighted by atomic mass is 127. The van der Waals surface area contributed by atoms with Gasteiger partial charge in [-0.2, -0.15) is 0 Å². The van der Waals surface area contributed by atoms with Gasteiger partial charge in [-0.25, -0.2) is 4.79 Å². The Bertz CT molecular complexity index is 570. The minimum Gasteiger partial charge on any atom is -0.478 e. The highest BCUT2D eigenvalue weighted by molar-refractivity contribution is 14.1. The summed E-state index contributed by atoms with van der Waals surface area (Å²) in [4.78, 5) is 10.8. The summed E-state index contributed by atoms with van der Waals surface area (Å²) in [5, 5.41) is 17.7. The van der Waals surface area contributed by atoms with Crippen LogP contribution in [0.2, 0.25) is 0 Å². The Hall–Kier alpha value is -1.22. The summed E-state index contributed by atoms with van der Waals surface area (Å²) >= 11 is 3.38. The highest BCUT2D eigenvalue weighted by Gasteiger charge is 2.10. The quantitative estimate of drug-likeness (QED) is 0.850. The smallest absolute Gasteiger partial charge is 0.335 e. The van der Waals surface area contributed by atoms with Crippen molar-refractivity contribution in [2.45, 2.75) is 6.92 Å². The molecule has 0 spiro atoms. The van der Waals surface area contributed by atoms with E-state index >= 15 is 0 Å². The van der Waals surface area contributed by atoms with Gasteiger partial charge in [0.1, 0.15) is 10.8 Å². The normalized spacial score (nSPS) is 10.2. The molecule has 0 amide bonds. The van der Waals surface area contributed by atoms with Gasteiger partial charge in [0.05, 0.1) is 9.13 Å². The molecule has 1 heterocycles. The lowest BCUT2D eigenvalue weighted by atomic mass is 10.2. The minimum absolute atomic E-state index is 0.182. The van der Waals surface area contributed by atoms with Gasteiger partial charge in [0.2, 0.25) is 0 Å². The molecule has 0 atom stereocenters. The molecule has 0 saturated carbocycles. The number of rotatable bonds is 3. The number of benzene rings is 1. The van der Waals surface area contributed by atoms with Crippen LogP contribution in [0.5, 0.6) is 10.9 Å². The second kappa shape index (κ2) is 4.96. The summed E-state index contributed by atoms with van der Waals surface area (Å²) in [5.41, 5.74) is 0.182. The topological polar surface area (TPSA) is 72.3 Å². The number of aryl methyl sites for hydroxylation is 1. The molecule has 88 valence electrons. The second-order valence-electron chi connectivity index (χ2n) is 3.14. The van der Waals surface area contributed by atoms with Crippen molar-refractivity contribution in [2.24, 2.45) is 0 Å². The van der Waals surface area contributed by atoms with E-state index in [0.29, 0.717) is 10.9 Å². The van der Waals surface area contributed by atoms with Crippen molar-refractivity contribution in [3.8, 4) is 10.9 Å². The van der Waals surface area contributed by atoms with Gasteiger partial charge in [-0.1, -0.05) is 16.4 Å². The predicted octanol–water partition coefficient (Wildman–Crippen LogP) is 2.94. The van der Waals surface area contributed by atoms with E-state index in [0.717, 1.165) is 8.58 Å². The largest absolute Gasteiger partial charge is 0.478 e. The number of carboxylic acid groups (broad SMARTS) is 1. The first-order valence-electron chi connectivity index (χ1n) is 4.57. The molecule has 0 unspecified atom stereocenters. The fraction of sp³-hybridized carbons (Fsp3) is 0.100. The third kappa shape index (κ3) is 2.91. The van der Waals surface area contributed by atoms with Gasteiger partial charge in [-0.3, -0.25) is 0 Å². The molecule has 1 N–H and O–H groups in total. The standard InChI is InChI=1S/C10H7IN2O3S/c1-5-12-13-10(17-5)16-8-4-6(9(14)15)2-3-7(8)11/h2-4H,1H3,(H,14,15). The van der Waals surface area contributed by atoms with Crippen molar-refractivity contribution in [1.29, 1.82) is 0 Å². The number of carbonyl (C=O) groups is 1. The molecular formula is C10H7IN2O3S. The third-order valence-corrected chi connectivity index (χ3v) is 3.49. The maximum Gasteiger partial charge on any atom is 0.335 e. The zero-order valence-corrected chi connectivity index (χ0v) is 11.7. The lowest BCUT2D eigenvalue weighted by Crippen LogP contribution is -1.97. The summed E-state index contributed by atoms with van der Waals surface area (Å²) in [5.74, 6) is -0.513. The summed E-state index contributed by atoms with van der Waals surface area (Å²) in [6, 6.07) is 4.69. The van der Waals surface area contributed by atoms with E-state index < -0.39 is 5.97 Å². The molecule has 1 aromatic carbocycles. The van der Waals surface area contributed by atoms with Crippen LogP contribution >= 0.6 is 33.9 Å². The van der Waals surface area contributed by atoms with Gasteiger partial charge in [0.25, 0.3) is 5.19 Å². The number of aromatic nitrogens is 2. The molecule has 0 bridgehead atoms. The molecule has 0 aliphatic carbocycles. The van der Waals surface area contributed by atoms with Crippen molar-refractivity contribution in [3.05, 3.63) is 32.3 Å². The molecule has 0 aliphatic heterocycles. The Morgan fingerprint density at radius 1 is 1.47 bits per heavy atom. The zero-order valence-electron chi connectivity index (χ0n) is 8.68. The van der Waals surface area contributed by atoms with Crippen LogP contribution in [0.4, 0.5) is 0 Å². The Morgan fingerprint density at radius 2 is 2.24 bits per heavy atom. The van der Waals surface area contributed by atoms with E-state index in [4.69, 9.17) is 9.84 Å². The minimum atomic E-state index is -0.986. The van der Waals surface area contributed by atoms with Crippen molar-refractivity contribution >= 4 is 39.9 Å². The fourth-order valence-corrected chi connectivity index (χ4v) is 2.12. The number of hydrogen-bond acceptors (Lipinski definition) is 5. The van der Waals surface area contributed by atoms with Crippen molar-refractivity contribution in [2.75, 3.05) is 0 Å². The van der Waals surface area contributed by atoms with Crippen molar-refractivity contribution < 1.29 is 14.6 Å². The van der Waals surface area contributed by atoms with Crippen LogP contribution < -0.4 is 4.74 Å². The van der Waals surface area contributed by atoms with Crippen LogP contribution in [0.15, 0.2) is 18.2 Å². The summed E-state index contributed by atoms with van der Waals surface area (Å²) in [7, 11) is 0. The van der Waals surface area contributed by atoms with Gasteiger partial charge < -0.3 is 9.84 Å². The third-order valence-electron chi connectivity index (χ3n) is 1.88. The van der Waals surface area contributed by atoms with Gasteiger partial charge in [0, 0.05) is 0 Å². The van der Waals surface area contributed by atoms with Crippen LogP contribution in [0.1, 0.15) is 15.4 Å². The first kappa shape index (κ1) is 12.2. The first-order chi connectivity index (χ1) is 8.06. The monoisotopic (exact) mass is 362 g/mol. The number of halogens is 1. The van der Waals surface area contributed by atoms with E-state index in [9.17, 15) is 4.79 Å². The molecule has 0 saturated heterocycles. The van der Waals surface area contributed by atoms with E-state index in [1.54, 1.807) is 6.07 Å². The maximum atomic E-state index is 10.8. The Morgan fingerprint density at radius 3 is 2.82 bits per heavy atom. The Labute approximate surface area is 115 Å². The molecule has 2 rings (SSSR count). The number of carboxylic acids is 1. The Balaban J connectivity index is 2.31. The molecule has 5 nitrogen and oxygen atoms in total. The van der Waals surface area contributed by atoms with Gasteiger partial charge >= 0.3 is 5.97 Å². The van der Waals surface area contributed by atoms with Crippen LogP contribution in [-0.4, -0.2) is 21.3 Å². The molecular weight excluding hydrogens is 355 g/mol. The Kier molecular flexibility index (Phi) is 3.57. The fourth-order valence-electron chi connectivity index (χ4n) is 1.13. The average molecular weight is 362 g/mol. The molecule has 2 aromatic rings. The highest BCUT2D eigenvalue weighted by Crippen LogP contribution is 2.29. The van der Waals surface area contributed by atoms with Crippen molar-refractivity contribution in [3.63, 3.8) is 0 Å². The lowest BCUT2D eigenvalue weighted by Gasteiger charge is -2.04. The van der Waals surface area contributed by atoms with E-state index in [1.165, 1.54) is 23.5 Å². The molecule has 1 aromatic heterocycles. The molecule has 0 radical (unpaired) electrons. The zero-order chi connectivity index (χ0) is 12.4. The number of nitrogens with zero attached hydrogens (tertiary/aromatic N) is 2. The van der Waals surface area contributed by atoms with Gasteiger partial charge in [0.15, 0.2) is 0 Å².